The van der Waals surface area contributed by atoms with Crippen molar-refractivity contribution >= 4 is 5.91 Å². The highest BCUT2D eigenvalue weighted by Crippen LogP contribution is 2.04. The summed E-state index contributed by atoms with van der Waals surface area (Å²) in [6.07, 6.45) is 0.213. The van der Waals surface area contributed by atoms with Gasteiger partial charge in [-0.1, -0.05) is 12.1 Å². The molecule has 0 atom stereocenters. The van der Waals surface area contributed by atoms with E-state index >= 15 is 0 Å². The predicted molar refractivity (Wildman–Crippen MR) is 51.7 cm³/mol. The molecule has 0 aliphatic heterocycles. The van der Waals surface area contributed by atoms with E-state index in [9.17, 15) is 9.18 Å². The van der Waals surface area contributed by atoms with Gasteiger partial charge in [-0.05, 0) is 24.6 Å². The molecule has 0 aliphatic rings. The average molecular weight is 196 g/mol. The van der Waals surface area contributed by atoms with Crippen molar-refractivity contribution in [1.82, 2.24) is 5.01 Å². The first kappa shape index (κ1) is 10.7. The van der Waals surface area contributed by atoms with E-state index in [0.29, 0.717) is 6.54 Å². The predicted octanol–water partition coefficient (Wildman–Crippen LogP) is 1.09. The number of nitrogens with two attached hydrogens (primary N) is 1. The van der Waals surface area contributed by atoms with E-state index in [2.05, 4.69) is 0 Å². The van der Waals surface area contributed by atoms with Crippen molar-refractivity contribution in [2.75, 3.05) is 6.54 Å². The van der Waals surface area contributed by atoms with Crippen molar-refractivity contribution in [3.8, 4) is 0 Å². The molecule has 1 amide bonds. The standard InChI is InChI=1S/C10H13FN2O/c1-2-13(12)10(14)7-8-3-5-9(11)6-4-8/h3-6H,2,7,12H2,1H3. The zero-order valence-corrected chi connectivity index (χ0v) is 8.03. The van der Waals surface area contributed by atoms with Gasteiger partial charge in [-0.15, -0.1) is 0 Å². The van der Waals surface area contributed by atoms with E-state index in [0.717, 1.165) is 10.6 Å². The number of carbonyl (C=O) groups excluding carboxylic acids is 1. The van der Waals surface area contributed by atoms with Gasteiger partial charge in [0.15, 0.2) is 0 Å². The van der Waals surface area contributed by atoms with Gasteiger partial charge in [0.1, 0.15) is 5.82 Å². The molecule has 0 saturated heterocycles. The molecule has 0 unspecified atom stereocenters. The molecule has 0 bridgehead atoms. The van der Waals surface area contributed by atoms with Crippen LogP contribution in [-0.4, -0.2) is 17.5 Å². The summed E-state index contributed by atoms with van der Waals surface area (Å²) in [6.45, 7) is 2.27. The summed E-state index contributed by atoms with van der Waals surface area (Å²) >= 11 is 0. The van der Waals surface area contributed by atoms with Crippen LogP contribution in [0.4, 0.5) is 4.39 Å². The first-order valence-corrected chi connectivity index (χ1v) is 4.43. The summed E-state index contributed by atoms with van der Waals surface area (Å²) in [4.78, 5) is 11.3. The molecule has 0 fully saturated rings. The SMILES string of the molecule is CCN(N)C(=O)Cc1ccc(F)cc1. The highest BCUT2D eigenvalue weighted by atomic mass is 19.1. The summed E-state index contributed by atoms with van der Waals surface area (Å²) in [5, 5.41) is 1.14. The van der Waals surface area contributed by atoms with Crippen molar-refractivity contribution < 1.29 is 9.18 Å². The molecule has 0 heterocycles. The smallest absolute Gasteiger partial charge is 0.240 e. The molecule has 3 nitrogen and oxygen atoms in total. The lowest BCUT2D eigenvalue weighted by Gasteiger charge is -2.13. The molecule has 0 radical (unpaired) electrons. The number of halogens is 1. The molecule has 0 saturated carbocycles. The molecule has 76 valence electrons. The lowest BCUT2D eigenvalue weighted by atomic mass is 10.1. The molecule has 1 rings (SSSR count). The number of carbonyl (C=O) groups is 1. The summed E-state index contributed by atoms with van der Waals surface area (Å²) in [5.41, 5.74) is 0.764. The van der Waals surface area contributed by atoms with Gasteiger partial charge in [-0.3, -0.25) is 9.80 Å². The summed E-state index contributed by atoms with van der Waals surface area (Å²) < 4.78 is 12.5. The first-order valence-electron chi connectivity index (χ1n) is 4.43. The largest absolute Gasteiger partial charge is 0.281 e. The zero-order valence-electron chi connectivity index (χ0n) is 8.03. The first-order chi connectivity index (χ1) is 6.63. The normalized spacial score (nSPS) is 9.93. The van der Waals surface area contributed by atoms with Gasteiger partial charge in [0, 0.05) is 6.54 Å². The summed E-state index contributed by atoms with van der Waals surface area (Å²) in [5.74, 6) is 4.93. The van der Waals surface area contributed by atoms with Crippen LogP contribution in [0.25, 0.3) is 0 Å². The van der Waals surface area contributed by atoms with Gasteiger partial charge in [0.05, 0.1) is 6.42 Å². The number of hydrogen-bond donors (Lipinski definition) is 1. The van der Waals surface area contributed by atoms with E-state index in [1.807, 2.05) is 0 Å². The van der Waals surface area contributed by atoms with Gasteiger partial charge >= 0.3 is 0 Å². The topological polar surface area (TPSA) is 46.3 Å². The maximum absolute atomic E-state index is 12.5. The fraction of sp³-hybridized carbons (Fsp3) is 0.300. The lowest BCUT2D eigenvalue weighted by Crippen LogP contribution is -2.38. The highest BCUT2D eigenvalue weighted by molar-refractivity contribution is 5.78. The Morgan fingerprint density at radius 1 is 1.43 bits per heavy atom. The van der Waals surface area contributed by atoms with Crippen LogP contribution < -0.4 is 5.84 Å². The Morgan fingerprint density at radius 3 is 2.50 bits per heavy atom. The van der Waals surface area contributed by atoms with Crippen LogP contribution in [0.2, 0.25) is 0 Å². The molecule has 2 N–H and O–H groups in total. The van der Waals surface area contributed by atoms with Crippen molar-refractivity contribution in [3.63, 3.8) is 0 Å². The number of likely N-dealkylation sites (N-methyl/N-ethyl adjacent to an activating group) is 1. The van der Waals surface area contributed by atoms with Gasteiger partial charge in [0.25, 0.3) is 0 Å². The minimum Gasteiger partial charge on any atom is -0.281 e. The molecular weight excluding hydrogens is 183 g/mol. The Balaban J connectivity index is 2.60. The maximum Gasteiger partial charge on any atom is 0.240 e. The third kappa shape index (κ3) is 2.81. The number of amides is 1. The molecule has 0 aliphatic carbocycles. The molecule has 1 aromatic rings. The fourth-order valence-corrected chi connectivity index (χ4v) is 1.05. The molecule has 0 spiro atoms. The Bertz CT molecular complexity index is 310. The monoisotopic (exact) mass is 196 g/mol. The van der Waals surface area contributed by atoms with E-state index in [1.165, 1.54) is 12.1 Å². The van der Waals surface area contributed by atoms with Crippen LogP contribution in [-0.2, 0) is 11.2 Å². The Hall–Kier alpha value is -1.42. The maximum atomic E-state index is 12.5. The Morgan fingerprint density at radius 2 is 2.00 bits per heavy atom. The van der Waals surface area contributed by atoms with Crippen molar-refractivity contribution in [2.45, 2.75) is 13.3 Å². The third-order valence-electron chi connectivity index (χ3n) is 1.93. The Kier molecular flexibility index (Phi) is 3.59. The quantitative estimate of drug-likeness (QED) is 0.447. The average Bonchev–Trinajstić information content (AvgIpc) is 2.20. The van der Waals surface area contributed by atoms with Gasteiger partial charge in [-0.2, -0.15) is 0 Å². The summed E-state index contributed by atoms with van der Waals surface area (Å²) in [6, 6.07) is 5.82. The van der Waals surface area contributed by atoms with Crippen molar-refractivity contribution in [2.24, 2.45) is 5.84 Å². The minimum atomic E-state index is -0.304. The van der Waals surface area contributed by atoms with E-state index < -0.39 is 0 Å². The molecule has 4 heteroatoms. The van der Waals surface area contributed by atoms with Crippen LogP contribution >= 0.6 is 0 Å². The second-order valence-corrected chi connectivity index (χ2v) is 2.98. The number of nitrogens with zero attached hydrogens (tertiary/aromatic N) is 1. The lowest BCUT2D eigenvalue weighted by molar-refractivity contribution is -0.130. The number of benzene rings is 1. The van der Waals surface area contributed by atoms with Gasteiger partial charge in [-0.25, -0.2) is 10.2 Å². The Labute approximate surface area is 82.3 Å². The van der Waals surface area contributed by atoms with Crippen LogP contribution in [0.5, 0.6) is 0 Å². The van der Waals surface area contributed by atoms with Gasteiger partial charge < -0.3 is 0 Å². The van der Waals surface area contributed by atoms with Crippen LogP contribution in [0.3, 0.4) is 0 Å². The molecule has 14 heavy (non-hydrogen) atoms. The minimum absolute atomic E-state index is 0.167. The van der Waals surface area contributed by atoms with E-state index in [1.54, 1.807) is 19.1 Å². The zero-order chi connectivity index (χ0) is 10.6. The molecular formula is C10H13FN2O. The fourth-order valence-electron chi connectivity index (χ4n) is 1.05. The summed E-state index contributed by atoms with van der Waals surface area (Å²) in [7, 11) is 0. The van der Waals surface area contributed by atoms with E-state index in [-0.39, 0.29) is 18.1 Å². The highest BCUT2D eigenvalue weighted by Gasteiger charge is 2.07. The number of rotatable bonds is 3. The second kappa shape index (κ2) is 4.72. The van der Waals surface area contributed by atoms with Crippen molar-refractivity contribution in [3.05, 3.63) is 35.6 Å². The van der Waals surface area contributed by atoms with Crippen LogP contribution in [0, 0.1) is 5.82 Å². The molecule has 1 aromatic carbocycles. The van der Waals surface area contributed by atoms with Gasteiger partial charge in [0.2, 0.25) is 5.91 Å². The number of hydrogen-bond acceptors (Lipinski definition) is 2. The van der Waals surface area contributed by atoms with Crippen LogP contribution in [0.15, 0.2) is 24.3 Å². The second-order valence-electron chi connectivity index (χ2n) is 2.98. The van der Waals surface area contributed by atoms with E-state index in [4.69, 9.17) is 5.84 Å². The third-order valence-corrected chi connectivity index (χ3v) is 1.93. The number of hydrazine groups is 1. The van der Waals surface area contributed by atoms with Crippen LogP contribution in [0.1, 0.15) is 12.5 Å². The van der Waals surface area contributed by atoms with Crippen molar-refractivity contribution in [1.29, 1.82) is 0 Å². The molecule has 0 aromatic heterocycles.